The molecule has 136 valence electrons. The minimum atomic E-state index is -3.56. The van der Waals surface area contributed by atoms with Crippen molar-refractivity contribution in [3.05, 3.63) is 71.8 Å². The van der Waals surface area contributed by atoms with Crippen molar-refractivity contribution in [3.63, 3.8) is 0 Å². The monoisotopic (exact) mass is 389 g/mol. The number of hydrogen-bond acceptors (Lipinski definition) is 4. The molecule has 2 rings (SSSR count). The Bertz CT molecular complexity index is 807. The molecule has 0 aromatic heterocycles. The minimum Gasteiger partial charge on any atom is -0.487 e. The van der Waals surface area contributed by atoms with E-state index in [4.69, 9.17) is 10.5 Å². The molecule has 0 heterocycles. The molecule has 0 fully saturated rings. The Kier molecular flexibility index (Phi) is 8.02. The van der Waals surface area contributed by atoms with E-state index in [0.29, 0.717) is 11.3 Å². The number of rotatable bonds is 7. The van der Waals surface area contributed by atoms with Crippen LogP contribution in [0.25, 0.3) is 0 Å². The molecule has 0 amide bonds. The number of halogens is 3. The van der Waals surface area contributed by atoms with E-state index in [-0.39, 0.29) is 36.2 Å². The molecule has 0 atom stereocenters. The molecule has 2 aromatic carbocycles. The molecular weight excluding hydrogens is 372 g/mol. The van der Waals surface area contributed by atoms with Crippen molar-refractivity contribution in [2.75, 3.05) is 13.2 Å². The maximum Gasteiger partial charge on any atom is 0.182 e. The summed E-state index contributed by atoms with van der Waals surface area (Å²) >= 11 is 0. The lowest BCUT2D eigenvalue weighted by Gasteiger charge is -2.07. The van der Waals surface area contributed by atoms with Crippen LogP contribution in [0.5, 0.6) is 5.75 Å². The third-order valence-electron chi connectivity index (χ3n) is 3.17. The topological polar surface area (TPSA) is 69.4 Å². The molecule has 0 saturated carbocycles. The Hall–Kier alpha value is -1.96. The van der Waals surface area contributed by atoms with Crippen LogP contribution >= 0.6 is 12.4 Å². The van der Waals surface area contributed by atoms with Gasteiger partial charge in [-0.3, -0.25) is 0 Å². The van der Waals surface area contributed by atoms with Crippen LogP contribution in [0.1, 0.15) is 5.56 Å². The summed E-state index contributed by atoms with van der Waals surface area (Å²) in [5.41, 5.74) is 5.67. The van der Waals surface area contributed by atoms with E-state index < -0.39 is 21.5 Å². The van der Waals surface area contributed by atoms with Gasteiger partial charge in [-0.05, 0) is 48.0 Å². The van der Waals surface area contributed by atoms with Crippen LogP contribution in [0.3, 0.4) is 0 Å². The predicted octanol–water partition coefficient (Wildman–Crippen LogP) is 3.41. The Morgan fingerprint density at radius 3 is 2.24 bits per heavy atom. The summed E-state index contributed by atoms with van der Waals surface area (Å²) in [6, 6.07) is 11.0. The van der Waals surface area contributed by atoms with E-state index >= 15 is 0 Å². The maximum atomic E-state index is 13.2. The number of benzene rings is 2. The molecule has 0 aliphatic heterocycles. The zero-order valence-corrected chi connectivity index (χ0v) is 14.8. The second kappa shape index (κ2) is 9.50. The summed E-state index contributed by atoms with van der Waals surface area (Å²) in [6.45, 7) is -0.186. The second-order valence-corrected chi connectivity index (χ2v) is 7.02. The number of nitrogens with two attached hydrogens (primary N) is 1. The van der Waals surface area contributed by atoms with Crippen molar-refractivity contribution >= 4 is 22.2 Å². The van der Waals surface area contributed by atoms with Gasteiger partial charge in [-0.2, -0.15) is 0 Å². The van der Waals surface area contributed by atoms with E-state index in [0.717, 1.165) is 0 Å². The number of sulfone groups is 1. The molecule has 25 heavy (non-hydrogen) atoms. The summed E-state index contributed by atoms with van der Waals surface area (Å²) < 4.78 is 55.9. The second-order valence-electron chi connectivity index (χ2n) is 5.03. The van der Waals surface area contributed by atoms with E-state index in [1.807, 2.05) is 0 Å². The SMILES string of the molecule is Cl.NCC=C(F)COc1ccc(S(=O)(=O)Cc2ccc(F)cc2)cc1. The van der Waals surface area contributed by atoms with E-state index in [1.54, 1.807) is 0 Å². The molecule has 2 N–H and O–H groups in total. The lowest BCUT2D eigenvalue weighted by molar-refractivity contribution is 0.318. The van der Waals surface area contributed by atoms with Gasteiger partial charge in [0, 0.05) is 6.54 Å². The number of hydrogen-bond donors (Lipinski definition) is 1. The summed E-state index contributed by atoms with van der Waals surface area (Å²) in [4.78, 5) is 0.108. The van der Waals surface area contributed by atoms with Gasteiger partial charge < -0.3 is 10.5 Å². The van der Waals surface area contributed by atoms with E-state index in [1.165, 1.54) is 54.6 Å². The van der Waals surface area contributed by atoms with Gasteiger partial charge >= 0.3 is 0 Å². The Morgan fingerprint density at radius 1 is 1.08 bits per heavy atom. The molecule has 0 aliphatic rings. The molecule has 0 radical (unpaired) electrons. The van der Waals surface area contributed by atoms with Crippen molar-refractivity contribution < 1.29 is 21.9 Å². The summed E-state index contributed by atoms with van der Waals surface area (Å²) in [6.07, 6.45) is 1.20. The standard InChI is InChI=1S/C17H17F2NO3S.ClH/c18-14-3-1-13(2-4-14)12-24(21,22)17-7-5-16(6-8-17)23-11-15(19)9-10-20;/h1-9H,10-12,20H2;1H. The van der Waals surface area contributed by atoms with Gasteiger partial charge in [0.25, 0.3) is 0 Å². The van der Waals surface area contributed by atoms with Gasteiger partial charge in [0.2, 0.25) is 0 Å². The van der Waals surface area contributed by atoms with Crippen molar-refractivity contribution in [3.8, 4) is 5.75 Å². The third kappa shape index (κ3) is 6.45. The fraction of sp³-hybridized carbons (Fsp3) is 0.176. The van der Waals surface area contributed by atoms with Crippen LogP contribution in [0.15, 0.2) is 65.3 Å². The Balaban J connectivity index is 0.00000312. The van der Waals surface area contributed by atoms with Crippen molar-refractivity contribution in [1.82, 2.24) is 0 Å². The zero-order chi connectivity index (χ0) is 17.6. The van der Waals surface area contributed by atoms with Gasteiger partial charge in [-0.15, -0.1) is 12.4 Å². The van der Waals surface area contributed by atoms with Gasteiger partial charge in [-0.1, -0.05) is 12.1 Å². The van der Waals surface area contributed by atoms with Crippen LogP contribution in [-0.4, -0.2) is 21.6 Å². The molecule has 0 aliphatic carbocycles. The highest BCUT2D eigenvalue weighted by Gasteiger charge is 2.15. The first-order valence-corrected chi connectivity index (χ1v) is 8.80. The fourth-order valence-electron chi connectivity index (χ4n) is 1.97. The van der Waals surface area contributed by atoms with E-state index in [9.17, 15) is 17.2 Å². The number of ether oxygens (including phenoxy) is 1. The van der Waals surface area contributed by atoms with Crippen molar-refractivity contribution in [2.24, 2.45) is 5.73 Å². The Labute approximate surface area is 151 Å². The largest absolute Gasteiger partial charge is 0.487 e. The zero-order valence-electron chi connectivity index (χ0n) is 13.2. The lowest BCUT2D eigenvalue weighted by Crippen LogP contribution is -2.05. The van der Waals surface area contributed by atoms with Crippen LogP contribution in [0.4, 0.5) is 8.78 Å². The van der Waals surface area contributed by atoms with Crippen molar-refractivity contribution in [1.29, 1.82) is 0 Å². The summed E-state index contributed by atoms with van der Waals surface area (Å²) in [7, 11) is -3.56. The molecule has 8 heteroatoms. The average molecular weight is 390 g/mol. The normalized spacial score (nSPS) is 11.7. The van der Waals surface area contributed by atoms with Gasteiger partial charge in [0.1, 0.15) is 24.0 Å². The van der Waals surface area contributed by atoms with Crippen LogP contribution in [0.2, 0.25) is 0 Å². The smallest absolute Gasteiger partial charge is 0.182 e. The predicted molar refractivity (Wildman–Crippen MR) is 94.7 cm³/mol. The Morgan fingerprint density at radius 2 is 1.68 bits per heavy atom. The maximum absolute atomic E-state index is 13.2. The first kappa shape index (κ1) is 21.1. The molecule has 4 nitrogen and oxygen atoms in total. The summed E-state index contributed by atoms with van der Waals surface area (Å²) in [5, 5.41) is 0. The highest BCUT2D eigenvalue weighted by molar-refractivity contribution is 7.90. The van der Waals surface area contributed by atoms with Gasteiger partial charge in [0.05, 0.1) is 10.6 Å². The first-order valence-electron chi connectivity index (χ1n) is 7.15. The quantitative estimate of drug-likeness (QED) is 0.787. The average Bonchev–Trinajstić information content (AvgIpc) is 2.56. The molecular formula is C17H18ClF2NO3S. The molecule has 0 unspecified atom stereocenters. The summed E-state index contributed by atoms with van der Waals surface area (Å²) in [5.74, 6) is -0.808. The van der Waals surface area contributed by atoms with E-state index in [2.05, 4.69) is 0 Å². The molecule has 0 spiro atoms. The van der Waals surface area contributed by atoms with Crippen molar-refractivity contribution in [2.45, 2.75) is 10.6 Å². The molecule has 2 aromatic rings. The van der Waals surface area contributed by atoms with Gasteiger partial charge in [-0.25, -0.2) is 17.2 Å². The van der Waals surface area contributed by atoms with Gasteiger partial charge in [0.15, 0.2) is 9.84 Å². The highest BCUT2D eigenvalue weighted by atomic mass is 35.5. The van der Waals surface area contributed by atoms with Crippen LogP contribution in [0, 0.1) is 5.82 Å². The first-order chi connectivity index (χ1) is 11.4. The highest BCUT2D eigenvalue weighted by Crippen LogP contribution is 2.20. The minimum absolute atomic E-state index is 0. The van der Waals surface area contributed by atoms with Crippen LogP contribution < -0.4 is 10.5 Å². The van der Waals surface area contributed by atoms with Crippen LogP contribution in [-0.2, 0) is 15.6 Å². The lowest BCUT2D eigenvalue weighted by atomic mass is 10.2. The third-order valence-corrected chi connectivity index (χ3v) is 4.87. The molecule has 0 bridgehead atoms. The molecule has 0 saturated heterocycles. The fourth-order valence-corrected chi connectivity index (χ4v) is 3.31.